The Morgan fingerprint density at radius 2 is 1.73 bits per heavy atom. The molecule has 0 atom stereocenters. The highest BCUT2D eigenvalue weighted by atomic mass is 16.4. The molecule has 0 heterocycles. The Balaban J connectivity index is 1.88. The molecule has 2 saturated carbocycles. The van der Waals surface area contributed by atoms with Gasteiger partial charge in [0.25, 0.3) is 0 Å². The summed E-state index contributed by atoms with van der Waals surface area (Å²) in [6.07, 6.45) is 6.07. The van der Waals surface area contributed by atoms with Gasteiger partial charge in [0.2, 0.25) is 0 Å². The molecule has 2 rings (SSSR count). The van der Waals surface area contributed by atoms with Crippen LogP contribution in [0.3, 0.4) is 0 Å². The van der Waals surface area contributed by atoms with Crippen LogP contribution in [0.1, 0.15) is 44.9 Å². The highest BCUT2D eigenvalue weighted by molar-refractivity contribution is 5.80. The second-order valence-electron chi connectivity index (χ2n) is 5.03. The number of aliphatic hydroxyl groups is 1. The first-order valence-electron chi connectivity index (χ1n) is 5.77. The number of rotatable bonds is 4. The zero-order valence-corrected chi connectivity index (χ0v) is 8.96. The van der Waals surface area contributed by atoms with Crippen LogP contribution < -0.4 is 5.32 Å². The fraction of sp³-hybridized carbons (Fsp3) is 0.909. The van der Waals surface area contributed by atoms with Crippen LogP contribution in [0.2, 0.25) is 0 Å². The molecule has 0 aromatic carbocycles. The Hall–Kier alpha value is -0.610. The number of carboxylic acid groups (broad SMARTS) is 1. The molecule has 0 aliphatic heterocycles. The molecule has 0 spiro atoms. The number of nitrogens with one attached hydrogen (secondary N) is 1. The van der Waals surface area contributed by atoms with Crippen molar-refractivity contribution in [2.24, 2.45) is 0 Å². The van der Waals surface area contributed by atoms with Crippen LogP contribution in [-0.2, 0) is 4.79 Å². The minimum Gasteiger partial charge on any atom is -0.480 e. The summed E-state index contributed by atoms with van der Waals surface area (Å²) in [4.78, 5) is 11.1. The third-order valence-corrected chi connectivity index (χ3v) is 3.91. The topological polar surface area (TPSA) is 69.6 Å². The number of hydrogen-bond donors (Lipinski definition) is 3. The molecule has 86 valence electrons. The first kappa shape index (κ1) is 10.9. The molecule has 0 radical (unpaired) electrons. The van der Waals surface area contributed by atoms with E-state index in [0.29, 0.717) is 19.4 Å². The lowest BCUT2D eigenvalue weighted by atomic mass is 9.76. The van der Waals surface area contributed by atoms with Gasteiger partial charge in [-0.2, -0.15) is 0 Å². The van der Waals surface area contributed by atoms with Crippen molar-refractivity contribution in [2.45, 2.75) is 56.1 Å². The van der Waals surface area contributed by atoms with Crippen LogP contribution in [0.25, 0.3) is 0 Å². The Kier molecular flexibility index (Phi) is 2.73. The smallest absolute Gasteiger partial charge is 0.323 e. The Labute approximate surface area is 89.7 Å². The van der Waals surface area contributed by atoms with Gasteiger partial charge in [-0.25, -0.2) is 0 Å². The summed E-state index contributed by atoms with van der Waals surface area (Å²) in [5, 5.41) is 22.3. The molecule has 15 heavy (non-hydrogen) atoms. The third kappa shape index (κ3) is 2.01. The molecule has 4 nitrogen and oxygen atoms in total. The monoisotopic (exact) mass is 213 g/mol. The minimum atomic E-state index is -0.768. The van der Waals surface area contributed by atoms with Gasteiger partial charge in [-0.15, -0.1) is 0 Å². The van der Waals surface area contributed by atoms with E-state index >= 15 is 0 Å². The maximum atomic E-state index is 11.1. The SMILES string of the molecule is O=C(O)C1(NCC2(O)CCCC2)CCC1. The van der Waals surface area contributed by atoms with Crippen molar-refractivity contribution in [2.75, 3.05) is 6.54 Å². The van der Waals surface area contributed by atoms with Crippen LogP contribution in [-0.4, -0.2) is 33.9 Å². The highest BCUT2D eigenvalue weighted by Gasteiger charge is 2.45. The van der Waals surface area contributed by atoms with Crippen LogP contribution in [0.5, 0.6) is 0 Å². The number of hydrogen-bond acceptors (Lipinski definition) is 3. The summed E-state index contributed by atoms with van der Waals surface area (Å²) in [6.45, 7) is 0.430. The van der Waals surface area contributed by atoms with Gasteiger partial charge in [-0.05, 0) is 32.1 Å². The first-order valence-corrected chi connectivity index (χ1v) is 5.77. The van der Waals surface area contributed by atoms with E-state index in [1.165, 1.54) is 0 Å². The van der Waals surface area contributed by atoms with Gasteiger partial charge in [-0.1, -0.05) is 12.8 Å². The zero-order valence-electron chi connectivity index (χ0n) is 8.96. The lowest BCUT2D eigenvalue weighted by Gasteiger charge is -2.40. The number of carboxylic acids is 1. The molecule has 4 heteroatoms. The van der Waals surface area contributed by atoms with Crippen LogP contribution in [0.15, 0.2) is 0 Å². The predicted molar refractivity (Wildman–Crippen MR) is 55.6 cm³/mol. The first-order chi connectivity index (χ1) is 7.06. The van der Waals surface area contributed by atoms with Gasteiger partial charge < -0.3 is 10.2 Å². The summed E-state index contributed by atoms with van der Waals surface area (Å²) in [6, 6.07) is 0. The van der Waals surface area contributed by atoms with Gasteiger partial charge in [0, 0.05) is 6.54 Å². The molecular formula is C11H19NO3. The molecule has 0 bridgehead atoms. The van der Waals surface area contributed by atoms with Crippen molar-refractivity contribution in [3.8, 4) is 0 Å². The molecule has 0 unspecified atom stereocenters. The number of aliphatic carboxylic acids is 1. The van der Waals surface area contributed by atoms with E-state index in [-0.39, 0.29) is 0 Å². The Morgan fingerprint density at radius 1 is 1.13 bits per heavy atom. The van der Waals surface area contributed by atoms with Crippen molar-refractivity contribution in [1.29, 1.82) is 0 Å². The number of carbonyl (C=O) groups is 1. The van der Waals surface area contributed by atoms with Crippen molar-refractivity contribution in [3.05, 3.63) is 0 Å². The van der Waals surface area contributed by atoms with Crippen molar-refractivity contribution < 1.29 is 15.0 Å². The maximum absolute atomic E-state index is 11.1. The summed E-state index contributed by atoms with van der Waals surface area (Å²) >= 11 is 0. The summed E-state index contributed by atoms with van der Waals surface area (Å²) < 4.78 is 0. The standard InChI is InChI=1S/C11H19NO3/c13-9(14)11(6-3-7-11)12-8-10(15)4-1-2-5-10/h12,15H,1-8H2,(H,13,14). The number of β-amino-alcohol motifs (C(OH)–C–C–N with tert-alkyl or cyclic N) is 1. The van der Waals surface area contributed by atoms with Crippen LogP contribution in [0.4, 0.5) is 0 Å². The van der Waals surface area contributed by atoms with E-state index in [2.05, 4.69) is 5.32 Å². The zero-order chi connectivity index (χ0) is 10.9. The second-order valence-corrected chi connectivity index (χ2v) is 5.03. The van der Waals surface area contributed by atoms with Crippen molar-refractivity contribution in [1.82, 2.24) is 5.32 Å². The van der Waals surface area contributed by atoms with E-state index in [4.69, 9.17) is 5.11 Å². The van der Waals surface area contributed by atoms with Gasteiger partial charge in [0.1, 0.15) is 5.54 Å². The minimum absolute atomic E-state index is 0.430. The molecule has 2 fully saturated rings. The molecule has 0 aromatic rings. The van der Waals surface area contributed by atoms with E-state index in [1.807, 2.05) is 0 Å². The van der Waals surface area contributed by atoms with Crippen molar-refractivity contribution >= 4 is 5.97 Å². The van der Waals surface area contributed by atoms with E-state index in [1.54, 1.807) is 0 Å². The highest BCUT2D eigenvalue weighted by Crippen LogP contribution is 2.34. The predicted octanol–water partition coefficient (Wildman–Crippen LogP) is 0.888. The summed E-state index contributed by atoms with van der Waals surface area (Å²) in [5.74, 6) is -0.768. The summed E-state index contributed by atoms with van der Waals surface area (Å²) in [5.41, 5.74) is -1.39. The largest absolute Gasteiger partial charge is 0.480 e. The van der Waals surface area contributed by atoms with Crippen molar-refractivity contribution in [3.63, 3.8) is 0 Å². The van der Waals surface area contributed by atoms with Gasteiger partial charge >= 0.3 is 5.97 Å². The van der Waals surface area contributed by atoms with E-state index in [0.717, 1.165) is 32.1 Å². The molecule has 2 aliphatic carbocycles. The lowest BCUT2D eigenvalue weighted by Crippen LogP contribution is -2.60. The Bertz CT molecular complexity index is 255. The fourth-order valence-corrected chi connectivity index (χ4v) is 2.54. The van der Waals surface area contributed by atoms with E-state index in [9.17, 15) is 9.90 Å². The summed E-state index contributed by atoms with van der Waals surface area (Å²) in [7, 11) is 0. The molecule has 0 saturated heterocycles. The molecular weight excluding hydrogens is 194 g/mol. The Morgan fingerprint density at radius 3 is 2.13 bits per heavy atom. The lowest BCUT2D eigenvalue weighted by molar-refractivity contribution is -0.149. The van der Waals surface area contributed by atoms with Gasteiger partial charge in [0.05, 0.1) is 5.60 Å². The third-order valence-electron chi connectivity index (χ3n) is 3.91. The molecule has 0 amide bonds. The van der Waals surface area contributed by atoms with Crippen LogP contribution >= 0.6 is 0 Å². The van der Waals surface area contributed by atoms with E-state index < -0.39 is 17.1 Å². The fourth-order valence-electron chi connectivity index (χ4n) is 2.54. The van der Waals surface area contributed by atoms with Crippen LogP contribution in [0, 0.1) is 0 Å². The average Bonchev–Trinajstić information content (AvgIpc) is 2.50. The van der Waals surface area contributed by atoms with Gasteiger partial charge in [0.15, 0.2) is 0 Å². The molecule has 3 N–H and O–H groups in total. The quantitative estimate of drug-likeness (QED) is 0.648. The maximum Gasteiger partial charge on any atom is 0.323 e. The normalized spacial score (nSPS) is 27.3. The molecule has 2 aliphatic rings. The second kappa shape index (κ2) is 3.76. The average molecular weight is 213 g/mol. The van der Waals surface area contributed by atoms with Gasteiger partial charge in [-0.3, -0.25) is 10.1 Å². The molecule has 0 aromatic heterocycles.